The number of hydrazone groups is 1. The second-order valence-corrected chi connectivity index (χ2v) is 8.76. The van der Waals surface area contributed by atoms with Crippen molar-refractivity contribution in [2.75, 3.05) is 5.75 Å². The van der Waals surface area contributed by atoms with Gasteiger partial charge in [0.15, 0.2) is 11.0 Å². The normalized spacial score (nSPS) is 11.1. The Morgan fingerprint density at radius 2 is 1.70 bits per heavy atom. The van der Waals surface area contributed by atoms with Crippen molar-refractivity contribution in [3.8, 4) is 17.1 Å². The van der Waals surface area contributed by atoms with E-state index < -0.39 is 0 Å². The number of carbonyl (C=O) groups excluding carboxylic acids is 1. The van der Waals surface area contributed by atoms with Gasteiger partial charge in [-0.15, -0.1) is 10.2 Å². The molecule has 2 heterocycles. The Morgan fingerprint density at radius 1 is 1.00 bits per heavy atom. The topological polar surface area (TPSA) is 85.1 Å². The zero-order valence-corrected chi connectivity index (χ0v) is 19.9. The molecule has 0 aliphatic carbocycles. The second kappa shape index (κ2) is 10.8. The number of rotatable bonds is 7. The lowest BCUT2D eigenvalue weighted by molar-refractivity contribution is -0.118. The summed E-state index contributed by atoms with van der Waals surface area (Å²) in [6, 6.07) is 16.1. The quantitative estimate of drug-likeness (QED) is 0.198. The van der Waals surface area contributed by atoms with Crippen LogP contribution < -0.4 is 5.43 Å². The third-order valence-electron chi connectivity index (χ3n) is 4.37. The molecule has 2 aromatic carbocycles. The molecule has 0 fully saturated rings. The SMILES string of the molecule is O=C(CSc1nnc(-c2ccncc2)n1-c1ccc(Cl)cc1)N/N=C/c1c(Cl)cccc1Cl. The van der Waals surface area contributed by atoms with E-state index in [1.165, 1.54) is 18.0 Å². The van der Waals surface area contributed by atoms with Crippen LogP contribution >= 0.6 is 46.6 Å². The van der Waals surface area contributed by atoms with Gasteiger partial charge in [0, 0.05) is 34.2 Å². The summed E-state index contributed by atoms with van der Waals surface area (Å²) in [6.45, 7) is 0. The van der Waals surface area contributed by atoms with Crippen LogP contribution in [-0.2, 0) is 4.79 Å². The van der Waals surface area contributed by atoms with Crippen molar-refractivity contribution in [2.45, 2.75) is 5.16 Å². The number of pyridine rings is 1. The van der Waals surface area contributed by atoms with Gasteiger partial charge >= 0.3 is 0 Å². The van der Waals surface area contributed by atoms with Gasteiger partial charge in [0.25, 0.3) is 5.91 Å². The van der Waals surface area contributed by atoms with Crippen LogP contribution in [0.3, 0.4) is 0 Å². The maximum absolute atomic E-state index is 12.4. The first-order valence-electron chi connectivity index (χ1n) is 9.53. The molecule has 0 saturated heterocycles. The lowest BCUT2D eigenvalue weighted by Gasteiger charge is -2.10. The van der Waals surface area contributed by atoms with E-state index in [1.807, 2.05) is 28.8 Å². The molecule has 33 heavy (non-hydrogen) atoms. The van der Waals surface area contributed by atoms with Crippen LogP contribution in [0, 0.1) is 0 Å². The van der Waals surface area contributed by atoms with Gasteiger partial charge in [0.05, 0.1) is 22.0 Å². The number of thioether (sulfide) groups is 1. The van der Waals surface area contributed by atoms with Crippen LogP contribution in [0.5, 0.6) is 0 Å². The van der Waals surface area contributed by atoms with Crippen LogP contribution in [0.1, 0.15) is 5.56 Å². The number of carbonyl (C=O) groups is 1. The highest BCUT2D eigenvalue weighted by molar-refractivity contribution is 7.99. The zero-order chi connectivity index (χ0) is 23.2. The Labute approximate surface area is 208 Å². The van der Waals surface area contributed by atoms with Crippen molar-refractivity contribution in [3.05, 3.63) is 87.6 Å². The van der Waals surface area contributed by atoms with E-state index in [2.05, 4.69) is 25.7 Å². The minimum absolute atomic E-state index is 0.0651. The first-order valence-corrected chi connectivity index (χ1v) is 11.7. The van der Waals surface area contributed by atoms with Crippen molar-refractivity contribution in [1.82, 2.24) is 25.2 Å². The number of halogens is 3. The molecule has 1 N–H and O–H groups in total. The summed E-state index contributed by atoms with van der Waals surface area (Å²) in [5, 5.41) is 14.6. The molecule has 0 aliphatic rings. The number of hydrogen-bond donors (Lipinski definition) is 1. The fourth-order valence-electron chi connectivity index (χ4n) is 2.84. The first kappa shape index (κ1) is 23.3. The van der Waals surface area contributed by atoms with E-state index in [9.17, 15) is 4.79 Å². The summed E-state index contributed by atoms with van der Waals surface area (Å²) < 4.78 is 1.86. The zero-order valence-electron chi connectivity index (χ0n) is 16.8. The monoisotopic (exact) mass is 516 g/mol. The van der Waals surface area contributed by atoms with Crippen LogP contribution in [-0.4, -0.2) is 37.6 Å². The van der Waals surface area contributed by atoms with Gasteiger partial charge in [-0.1, -0.05) is 52.6 Å². The van der Waals surface area contributed by atoms with E-state index in [4.69, 9.17) is 34.8 Å². The average molecular weight is 518 g/mol. The van der Waals surface area contributed by atoms with Crippen molar-refractivity contribution in [3.63, 3.8) is 0 Å². The summed E-state index contributed by atoms with van der Waals surface area (Å²) in [5.74, 6) is 0.361. The Balaban J connectivity index is 1.51. The van der Waals surface area contributed by atoms with Gasteiger partial charge in [-0.25, -0.2) is 5.43 Å². The van der Waals surface area contributed by atoms with Gasteiger partial charge in [0.1, 0.15) is 0 Å². The molecule has 4 rings (SSSR count). The summed E-state index contributed by atoms with van der Waals surface area (Å²) in [7, 11) is 0. The third-order valence-corrected chi connectivity index (χ3v) is 6.21. The molecule has 166 valence electrons. The van der Waals surface area contributed by atoms with Crippen molar-refractivity contribution in [1.29, 1.82) is 0 Å². The molecular weight excluding hydrogens is 503 g/mol. The summed E-state index contributed by atoms with van der Waals surface area (Å²) in [6.07, 6.45) is 4.77. The molecule has 0 unspecified atom stereocenters. The summed E-state index contributed by atoms with van der Waals surface area (Å²) in [5.41, 5.74) is 4.65. The minimum Gasteiger partial charge on any atom is -0.272 e. The number of nitrogens with one attached hydrogen (secondary N) is 1. The van der Waals surface area contributed by atoms with Crippen LogP contribution in [0.2, 0.25) is 15.1 Å². The summed E-state index contributed by atoms with van der Waals surface area (Å²) in [4.78, 5) is 16.4. The molecule has 0 radical (unpaired) electrons. The standard InChI is InChI=1S/C22H15Cl3N6OS/c23-15-4-6-16(7-5-15)31-21(14-8-10-26-11-9-14)29-30-22(31)33-13-20(32)28-27-12-17-18(24)2-1-3-19(17)25/h1-12H,13H2,(H,28,32)/b27-12+. The van der Waals surface area contributed by atoms with Crippen molar-refractivity contribution >= 4 is 58.7 Å². The molecule has 2 aromatic heterocycles. The molecular formula is C22H15Cl3N6OS. The molecule has 1 amide bonds. The van der Waals surface area contributed by atoms with Crippen LogP contribution in [0.15, 0.2) is 77.2 Å². The number of amides is 1. The molecule has 0 saturated carbocycles. The Bertz CT molecular complexity index is 1280. The fourth-order valence-corrected chi connectivity index (χ4v) is 4.20. The Morgan fingerprint density at radius 3 is 2.39 bits per heavy atom. The van der Waals surface area contributed by atoms with E-state index in [-0.39, 0.29) is 11.7 Å². The maximum atomic E-state index is 12.4. The molecule has 4 aromatic rings. The van der Waals surface area contributed by atoms with Gasteiger partial charge in [0.2, 0.25) is 0 Å². The Kier molecular flexibility index (Phi) is 7.61. The van der Waals surface area contributed by atoms with E-state index in [0.29, 0.717) is 31.6 Å². The molecule has 0 bridgehead atoms. The molecule has 0 aliphatic heterocycles. The maximum Gasteiger partial charge on any atom is 0.250 e. The lowest BCUT2D eigenvalue weighted by Crippen LogP contribution is -2.20. The number of aromatic nitrogens is 4. The predicted molar refractivity (Wildman–Crippen MR) is 133 cm³/mol. The molecule has 0 atom stereocenters. The largest absolute Gasteiger partial charge is 0.272 e. The average Bonchev–Trinajstić information content (AvgIpc) is 3.25. The highest BCUT2D eigenvalue weighted by Crippen LogP contribution is 2.28. The summed E-state index contributed by atoms with van der Waals surface area (Å²) >= 11 is 19.5. The van der Waals surface area contributed by atoms with Gasteiger partial charge in [-0.2, -0.15) is 5.10 Å². The van der Waals surface area contributed by atoms with Crippen molar-refractivity contribution in [2.24, 2.45) is 5.10 Å². The lowest BCUT2D eigenvalue weighted by atomic mass is 10.2. The van der Waals surface area contributed by atoms with E-state index >= 15 is 0 Å². The number of benzene rings is 2. The number of hydrogen-bond acceptors (Lipinski definition) is 6. The Hall–Kier alpha value is -2.91. The molecule has 7 nitrogen and oxygen atoms in total. The number of nitrogens with zero attached hydrogens (tertiary/aromatic N) is 5. The minimum atomic E-state index is -0.324. The van der Waals surface area contributed by atoms with Crippen molar-refractivity contribution < 1.29 is 4.79 Å². The van der Waals surface area contributed by atoms with Gasteiger partial charge in [-0.3, -0.25) is 14.3 Å². The predicted octanol–water partition coefficient (Wildman–Crippen LogP) is 5.53. The first-order chi connectivity index (χ1) is 16.0. The van der Waals surface area contributed by atoms with Crippen LogP contribution in [0.4, 0.5) is 0 Å². The molecule has 11 heteroatoms. The third kappa shape index (κ3) is 5.72. The van der Waals surface area contributed by atoms with Crippen LogP contribution in [0.25, 0.3) is 17.1 Å². The second-order valence-electron chi connectivity index (χ2n) is 6.57. The highest BCUT2D eigenvalue weighted by Gasteiger charge is 2.17. The van der Waals surface area contributed by atoms with E-state index in [1.54, 1.807) is 42.7 Å². The molecule has 0 spiro atoms. The van der Waals surface area contributed by atoms with E-state index in [0.717, 1.165) is 11.3 Å². The van der Waals surface area contributed by atoms with Gasteiger partial charge < -0.3 is 0 Å². The fraction of sp³-hybridized carbons (Fsp3) is 0.0455. The van der Waals surface area contributed by atoms with Gasteiger partial charge in [-0.05, 0) is 48.5 Å². The smallest absolute Gasteiger partial charge is 0.250 e. The highest BCUT2D eigenvalue weighted by atomic mass is 35.5.